The van der Waals surface area contributed by atoms with Crippen molar-refractivity contribution >= 4 is 22.1 Å². The van der Waals surface area contributed by atoms with Gasteiger partial charge in [0.25, 0.3) is 0 Å². The van der Waals surface area contributed by atoms with E-state index in [-0.39, 0.29) is 6.10 Å². The fourth-order valence-corrected chi connectivity index (χ4v) is 3.44. The molecule has 106 valence electrons. The van der Waals surface area contributed by atoms with Crippen molar-refractivity contribution in [3.05, 3.63) is 47.4 Å². The summed E-state index contributed by atoms with van der Waals surface area (Å²) >= 11 is 1.71. The minimum Gasteiger partial charge on any atom is -0.489 e. The predicted molar refractivity (Wildman–Crippen MR) is 87.0 cm³/mol. The van der Waals surface area contributed by atoms with Gasteiger partial charge in [-0.3, -0.25) is 4.98 Å². The molecule has 0 spiro atoms. The summed E-state index contributed by atoms with van der Waals surface area (Å²) in [5, 5.41) is 9.93. The first-order valence-electron chi connectivity index (χ1n) is 7.18. The molecule has 1 atom stereocenters. The van der Waals surface area contributed by atoms with E-state index in [9.17, 15) is 0 Å². The van der Waals surface area contributed by atoms with E-state index in [2.05, 4.69) is 39.3 Å². The Hall–Kier alpha value is -1.91. The number of rotatable bonds is 3. The van der Waals surface area contributed by atoms with Crippen LogP contribution in [0.2, 0.25) is 0 Å². The van der Waals surface area contributed by atoms with Crippen LogP contribution >= 0.6 is 11.3 Å². The van der Waals surface area contributed by atoms with Crippen molar-refractivity contribution in [2.24, 2.45) is 0 Å². The molecule has 0 unspecified atom stereocenters. The first-order valence-corrected chi connectivity index (χ1v) is 8.12. The van der Waals surface area contributed by atoms with Crippen LogP contribution < -0.4 is 10.1 Å². The molecular weight excluding hydrogens is 280 g/mol. The van der Waals surface area contributed by atoms with Crippen molar-refractivity contribution in [3.8, 4) is 16.9 Å². The van der Waals surface area contributed by atoms with E-state index in [1.807, 2.05) is 18.5 Å². The van der Waals surface area contributed by atoms with Crippen molar-refractivity contribution in [2.75, 3.05) is 13.1 Å². The van der Waals surface area contributed by atoms with E-state index < -0.39 is 0 Å². The highest BCUT2D eigenvalue weighted by atomic mass is 32.1. The summed E-state index contributed by atoms with van der Waals surface area (Å²) < 4.78 is 6.08. The van der Waals surface area contributed by atoms with Gasteiger partial charge in [-0.25, -0.2) is 0 Å². The van der Waals surface area contributed by atoms with Gasteiger partial charge in [-0.05, 0) is 58.9 Å². The van der Waals surface area contributed by atoms with Crippen molar-refractivity contribution in [1.29, 1.82) is 0 Å². The second-order valence-corrected chi connectivity index (χ2v) is 6.09. The number of hydrogen-bond donors (Lipinski definition) is 1. The Bertz CT molecular complexity index is 749. The number of aromatic nitrogens is 1. The summed E-state index contributed by atoms with van der Waals surface area (Å²) in [5.41, 5.74) is 2.39. The van der Waals surface area contributed by atoms with E-state index in [0.717, 1.165) is 30.6 Å². The first-order chi connectivity index (χ1) is 10.4. The Morgan fingerprint density at radius 3 is 3.05 bits per heavy atom. The molecule has 0 amide bonds. The van der Waals surface area contributed by atoms with E-state index in [4.69, 9.17) is 4.74 Å². The van der Waals surface area contributed by atoms with Gasteiger partial charge in [0, 0.05) is 29.9 Å². The molecule has 1 aliphatic rings. The molecule has 0 aliphatic carbocycles. The SMILES string of the molecule is c1cc(-c2cncc3ccc(O[C@H]4CCNC4)cc23)cs1. The summed E-state index contributed by atoms with van der Waals surface area (Å²) in [5.74, 6) is 0.943. The van der Waals surface area contributed by atoms with Crippen molar-refractivity contribution in [1.82, 2.24) is 10.3 Å². The van der Waals surface area contributed by atoms with Gasteiger partial charge in [0.1, 0.15) is 11.9 Å². The lowest BCUT2D eigenvalue weighted by atomic mass is 10.0. The number of thiophene rings is 1. The monoisotopic (exact) mass is 296 g/mol. The molecule has 4 heteroatoms. The zero-order valence-corrected chi connectivity index (χ0v) is 12.4. The van der Waals surface area contributed by atoms with Gasteiger partial charge in [0.05, 0.1) is 0 Å². The maximum Gasteiger partial charge on any atom is 0.120 e. The van der Waals surface area contributed by atoms with Gasteiger partial charge in [-0.2, -0.15) is 11.3 Å². The molecule has 2 aromatic heterocycles. The second kappa shape index (κ2) is 5.47. The van der Waals surface area contributed by atoms with Gasteiger partial charge in [0.15, 0.2) is 0 Å². The molecule has 1 aromatic carbocycles. The Labute approximate surface area is 127 Å². The number of hydrogen-bond acceptors (Lipinski definition) is 4. The topological polar surface area (TPSA) is 34.1 Å². The van der Waals surface area contributed by atoms with Gasteiger partial charge in [0.2, 0.25) is 0 Å². The van der Waals surface area contributed by atoms with E-state index in [1.165, 1.54) is 16.5 Å². The molecule has 1 N–H and O–H groups in total. The number of nitrogens with zero attached hydrogens (tertiary/aromatic N) is 1. The molecule has 3 heterocycles. The number of fused-ring (bicyclic) bond motifs is 1. The molecule has 1 aliphatic heterocycles. The lowest BCUT2D eigenvalue weighted by Crippen LogP contribution is -2.19. The van der Waals surface area contributed by atoms with Crippen LogP contribution in [0.3, 0.4) is 0 Å². The van der Waals surface area contributed by atoms with Crippen LogP contribution in [0.15, 0.2) is 47.4 Å². The molecule has 21 heavy (non-hydrogen) atoms. The highest BCUT2D eigenvalue weighted by Crippen LogP contribution is 2.32. The third-order valence-electron chi connectivity index (χ3n) is 3.88. The van der Waals surface area contributed by atoms with Crippen molar-refractivity contribution < 1.29 is 4.74 Å². The zero-order valence-electron chi connectivity index (χ0n) is 11.6. The van der Waals surface area contributed by atoms with Gasteiger partial charge in [-0.1, -0.05) is 0 Å². The zero-order chi connectivity index (χ0) is 14.1. The van der Waals surface area contributed by atoms with E-state index in [1.54, 1.807) is 11.3 Å². The van der Waals surface area contributed by atoms with Crippen molar-refractivity contribution in [3.63, 3.8) is 0 Å². The van der Waals surface area contributed by atoms with Crippen LogP contribution in [0, 0.1) is 0 Å². The summed E-state index contributed by atoms with van der Waals surface area (Å²) in [4.78, 5) is 4.36. The smallest absolute Gasteiger partial charge is 0.120 e. The third kappa shape index (κ3) is 2.52. The van der Waals surface area contributed by atoms with Crippen LogP contribution in [0.5, 0.6) is 5.75 Å². The largest absolute Gasteiger partial charge is 0.489 e. The Morgan fingerprint density at radius 1 is 1.24 bits per heavy atom. The minimum atomic E-state index is 0.286. The molecular formula is C17H16N2OS. The van der Waals surface area contributed by atoms with Crippen LogP contribution in [-0.4, -0.2) is 24.2 Å². The molecule has 1 saturated heterocycles. The van der Waals surface area contributed by atoms with Crippen molar-refractivity contribution in [2.45, 2.75) is 12.5 Å². The van der Waals surface area contributed by atoms with Crippen LogP contribution in [0.25, 0.3) is 21.9 Å². The number of benzene rings is 1. The standard InChI is InChI=1S/C17H16N2OS/c1-2-14(20-15-3-5-18-9-15)7-16-12(1)8-19-10-17(16)13-4-6-21-11-13/h1-2,4,6-8,10-11,15,18H,3,5,9H2/t15-/m0/s1. The molecule has 0 saturated carbocycles. The maximum absolute atomic E-state index is 6.08. The number of pyridine rings is 1. The molecule has 0 bridgehead atoms. The van der Waals surface area contributed by atoms with E-state index in [0.29, 0.717) is 0 Å². The normalized spacial score (nSPS) is 18.2. The van der Waals surface area contributed by atoms with Crippen LogP contribution in [-0.2, 0) is 0 Å². The summed E-state index contributed by atoms with van der Waals surface area (Å²) in [6, 6.07) is 8.41. The Kier molecular flexibility index (Phi) is 3.33. The first kappa shape index (κ1) is 12.8. The Balaban J connectivity index is 1.76. The number of ether oxygens (including phenoxy) is 1. The average Bonchev–Trinajstić information content (AvgIpc) is 3.20. The minimum absolute atomic E-state index is 0.286. The molecule has 3 aromatic rings. The van der Waals surface area contributed by atoms with Gasteiger partial charge >= 0.3 is 0 Å². The molecule has 4 rings (SSSR count). The maximum atomic E-state index is 6.08. The quantitative estimate of drug-likeness (QED) is 0.800. The summed E-state index contributed by atoms with van der Waals surface area (Å²) in [7, 11) is 0. The van der Waals surface area contributed by atoms with E-state index >= 15 is 0 Å². The fourth-order valence-electron chi connectivity index (χ4n) is 2.79. The average molecular weight is 296 g/mol. The molecule has 0 radical (unpaired) electrons. The summed E-state index contributed by atoms with van der Waals surface area (Å²) in [6.07, 6.45) is 5.21. The second-order valence-electron chi connectivity index (χ2n) is 5.31. The summed E-state index contributed by atoms with van der Waals surface area (Å²) in [6.45, 7) is 1.98. The van der Waals surface area contributed by atoms with Crippen LogP contribution in [0.4, 0.5) is 0 Å². The third-order valence-corrected chi connectivity index (χ3v) is 4.57. The van der Waals surface area contributed by atoms with Gasteiger partial charge in [-0.15, -0.1) is 0 Å². The highest BCUT2D eigenvalue weighted by Gasteiger charge is 2.16. The highest BCUT2D eigenvalue weighted by molar-refractivity contribution is 7.08. The number of nitrogens with one attached hydrogen (secondary N) is 1. The van der Waals surface area contributed by atoms with Crippen LogP contribution in [0.1, 0.15) is 6.42 Å². The lowest BCUT2D eigenvalue weighted by Gasteiger charge is -2.13. The van der Waals surface area contributed by atoms with Gasteiger partial charge < -0.3 is 10.1 Å². The Morgan fingerprint density at radius 2 is 2.24 bits per heavy atom. The molecule has 3 nitrogen and oxygen atoms in total. The fraction of sp³-hybridized carbons (Fsp3) is 0.235. The predicted octanol–water partition coefficient (Wildman–Crippen LogP) is 3.70. The molecule has 1 fully saturated rings. The lowest BCUT2D eigenvalue weighted by molar-refractivity contribution is 0.223.